The van der Waals surface area contributed by atoms with E-state index in [0.717, 1.165) is 23.4 Å². The van der Waals surface area contributed by atoms with Crippen LogP contribution in [0.2, 0.25) is 0 Å². The molecule has 0 amide bonds. The molecule has 1 N–H and O–H groups in total. The topological polar surface area (TPSA) is 38.3 Å². The molecule has 0 bridgehead atoms. The van der Waals surface area contributed by atoms with Crippen LogP contribution in [0, 0.1) is 5.82 Å². The van der Waals surface area contributed by atoms with Gasteiger partial charge >= 0.3 is 0 Å². The minimum Gasteiger partial charge on any atom is -0.494 e. The predicted molar refractivity (Wildman–Crippen MR) is 115 cm³/mol. The van der Waals surface area contributed by atoms with Crippen molar-refractivity contribution in [2.24, 2.45) is 0 Å². The average molecular weight is 391 g/mol. The van der Waals surface area contributed by atoms with Crippen LogP contribution in [0.3, 0.4) is 0 Å². The van der Waals surface area contributed by atoms with Crippen LogP contribution in [0.1, 0.15) is 47.8 Å². The summed E-state index contributed by atoms with van der Waals surface area (Å²) in [5, 5.41) is 3.47. The Kier molecular flexibility index (Phi) is 7.01. The number of ketones is 1. The summed E-state index contributed by atoms with van der Waals surface area (Å²) in [5.74, 6) is 0.410. The third kappa shape index (κ3) is 5.67. The van der Waals surface area contributed by atoms with Gasteiger partial charge in [-0.1, -0.05) is 31.2 Å². The Labute approximate surface area is 171 Å². The number of nitrogens with one attached hydrogen (secondary N) is 1. The molecule has 3 aromatic rings. The van der Waals surface area contributed by atoms with E-state index in [1.807, 2.05) is 43.3 Å². The number of halogens is 1. The van der Waals surface area contributed by atoms with Crippen LogP contribution in [0.4, 0.5) is 10.1 Å². The molecule has 0 fully saturated rings. The Bertz CT molecular complexity index is 919. The number of carbonyl (C=O) groups is 1. The monoisotopic (exact) mass is 391 g/mol. The Morgan fingerprint density at radius 2 is 1.59 bits per heavy atom. The largest absolute Gasteiger partial charge is 0.494 e. The van der Waals surface area contributed by atoms with E-state index in [1.54, 1.807) is 0 Å². The van der Waals surface area contributed by atoms with Crippen molar-refractivity contribution in [1.29, 1.82) is 0 Å². The molecule has 3 aromatic carbocycles. The number of hydrogen-bond acceptors (Lipinski definition) is 3. The molecular weight excluding hydrogens is 365 g/mol. The summed E-state index contributed by atoms with van der Waals surface area (Å²) in [7, 11) is 0. The summed E-state index contributed by atoms with van der Waals surface area (Å²) in [5.41, 5.74) is 3.71. The summed E-state index contributed by atoms with van der Waals surface area (Å²) in [4.78, 5) is 12.8. The van der Waals surface area contributed by atoms with Crippen molar-refractivity contribution >= 4 is 11.5 Å². The molecule has 1 atom stereocenters. The van der Waals surface area contributed by atoms with Crippen molar-refractivity contribution in [3.05, 3.63) is 95.3 Å². The van der Waals surface area contributed by atoms with Gasteiger partial charge in [0.25, 0.3) is 0 Å². The van der Waals surface area contributed by atoms with Crippen LogP contribution < -0.4 is 10.1 Å². The third-order valence-corrected chi connectivity index (χ3v) is 4.85. The van der Waals surface area contributed by atoms with Crippen LogP contribution in [-0.2, 0) is 6.42 Å². The van der Waals surface area contributed by atoms with Crippen molar-refractivity contribution < 1.29 is 13.9 Å². The molecule has 0 aromatic heterocycles. The molecule has 3 rings (SSSR count). The number of hydrogen-bond donors (Lipinski definition) is 1. The average Bonchev–Trinajstić information content (AvgIpc) is 2.75. The van der Waals surface area contributed by atoms with E-state index in [9.17, 15) is 9.18 Å². The van der Waals surface area contributed by atoms with Gasteiger partial charge in [-0.2, -0.15) is 0 Å². The minimum absolute atomic E-state index is 0.0402. The molecule has 0 saturated carbocycles. The first-order valence-electron chi connectivity index (χ1n) is 9.96. The molecule has 0 heterocycles. The van der Waals surface area contributed by atoms with Crippen molar-refractivity contribution in [3.8, 4) is 5.75 Å². The fraction of sp³-hybridized carbons (Fsp3) is 0.240. The molecule has 0 aliphatic carbocycles. The first-order valence-corrected chi connectivity index (χ1v) is 9.96. The van der Waals surface area contributed by atoms with Crippen LogP contribution in [0.25, 0.3) is 0 Å². The number of anilines is 1. The van der Waals surface area contributed by atoms with Gasteiger partial charge in [-0.3, -0.25) is 4.79 Å². The molecular formula is C25H26FNO2. The number of rotatable bonds is 9. The molecule has 1 unspecified atom stereocenters. The number of Topliss-reactive ketones (excluding diaryl/α,β-unsaturated/α-hetero) is 1. The number of benzene rings is 3. The van der Waals surface area contributed by atoms with Gasteiger partial charge in [-0.25, -0.2) is 4.39 Å². The van der Waals surface area contributed by atoms with Crippen molar-refractivity contribution in [1.82, 2.24) is 0 Å². The summed E-state index contributed by atoms with van der Waals surface area (Å²) < 4.78 is 18.7. The van der Waals surface area contributed by atoms with Crippen LogP contribution >= 0.6 is 0 Å². The Balaban J connectivity index is 1.83. The predicted octanol–water partition coefficient (Wildman–Crippen LogP) is 6.21. The van der Waals surface area contributed by atoms with Crippen molar-refractivity contribution in [2.45, 2.75) is 32.7 Å². The zero-order valence-electron chi connectivity index (χ0n) is 16.8. The van der Waals surface area contributed by atoms with Crippen LogP contribution in [0.15, 0.2) is 72.8 Å². The van der Waals surface area contributed by atoms with Gasteiger partial charge in [0.15, 0.2) is 5.78 Å². The standard InChI is InChI=1S/C25H26FNO2/c1-3-18-5-13-22(14-6-18)27-24(19-9-15-23(16-10-19)29-4-2)17-25(28)20-7-11-21(26)12-8-20/h5-16,24,27H,3-4,17H2,1-2H3. The van der Waals surface area contributed by atoms with E-state index in [2.05, 4.69) is 24.4 Å². The highest BCUT2D eigenvalue weighted by Gasteiger charge is 2.18. The maximum Gasteiger partial charge on any atom is 0.165 e. The zero-order chi connectivity index (χ0) is 20.6. The second-order valence-electron chi connectivity index (χ2n) is 6.88. The first kappa shape index (κ1) is 20.6. The molecule has 0 aliphatic rings. The van der Waals surface area contributed by atoms with Gasteiger partial charge in [0, 0.05) is 17.7 Å². The van der Waals surface area contributed by atoms with Gasteiger partial charge in [-0.05, 0) is 73.0 Å². The number of aryl methyl sites for hydroxylation is 1. The molecule has 0 radical (unpaired) electrons. The highest BCUT2D eigenvalue weighted by molar-refractivity contribution is 5.96. The molecule has 29 heavy (non-hydrogen) atoms. The normalized spacial score (nSPS) is 11.7. The maximum atomic E-state index is 13.2. The lowest BCUT2D eigenvalue weighted by Crippen LogP contribution is -2.16. The van der Waals surface area contributed by atoms with E-state index < -0.39 is 0 Å². The third-order valence-electron chi connectivity index (χ3n) is 4.85. The smallest absolute Gasteiger partial charge is 0.165 e. The van der Waals surface area contributed by atoms with E-state index in [0.29, 0.717) is 12.2 Å². The lowest BCUT2D eigenvalue weighted by molar-refractivity contribution is 0.0976. The molecule has 0 aliphatic heterocycles. The number of ether oxygens (including phenoxy) is 1. The van der Waals surface area contributed by atoms with E-state index in [1.165, 1.54) is 29.8 Å². The van der Waals surface area contributed by atoms with Crippen LogP contribution in [0.5, 0.6) is 5.75 Å². The Morgan fingerprint density at radius 3 is 2.17 bits per heavy atom. The Hall–Kier alpha value is -3.14. The first-order chi connectivity index (χ1) is 14.1. The zero-order valence-corrected chi connectivity index (χ0v) is 16.8. The van der Waals surface area contributed by atoms with E-state index in [-0.39, 0.29) is 24.1 Å². The fourth-order valence-electron chi connectivity index (χ4n) is 3.19. The highest BCUT2D eigenvalue weighted by atomic mass is 19.1. The van der Waals surface area contributed by atoms with Gasteiger partial charge in [0.05, 0.1) is 12.6 Å². The van der Waals surface area contributed by atoms with E-state index in [4.69, 9.17) is 4.74 Å². The summed E-state index contributed by atoms with van der Waals surface area (Å²) in [6.07, 6.45) is 1.24. The summed E-state index contributed by atoms with van der Waals surface area (Å²) in [6.45, 7) is 4.67. The summed E-state index contributed by atoms with van der Waals surface area (Å²) in [6, 6.07) is 21.5. The molecule has 0 spiro atoms. The second-order valence-corrected chi connectivity index (χ2v) is 6.88. The van der Waals surface area contributed by atoms with Gasteiger partial charge in [0.2, 0.25) is 0 Å². The highest BCUT2D eigenvalue weighted by Crippen LogP contribution is 2.27. The van der Waals surface area contributed by atoms with Gasteiger partial charge in [-0.15, -0.1) is 0 Å². The van der Waals surface area contributed by atoms with E-state index >= 15 is 0 Å². The lowest BCUT2D eigenvalue weighted by Gasteiger charge is -2.21. The molecule has 3 nitrogen and oxygen atoms in total. The Morgan fingerprint density at radius 1 is 0.931 bits per heavy atom. The second kappa shape index (κ2) is 9.87. The van der Waals surface area contributed by atoms with Crippen molar-refractivity contribution in [2.75, 3.05) is 11.9 Å². The van der Waals surface area contributed by atoms with Crippen LogP contribution in [-0.4, -0.2) is 12.4 Å². The molecule has 0 saturated heterocycles. The van der Waals surface area contributed by atoms with Crippen molar-refractivity contribution in [3.63, 3.8) is 0 Å². The molecule has 4 heteroatoms. The lowest BCUT2D eigenvalue weighted by atomic mass is 9.97. The maximum absolute atomic E-state index is 13.2. The fourth-order valence-corrected chi connectivity index (χ4v) is 3.19. The minimum atomic E-state index is -0.348. The van der Waals surface area contributed by atoms with Gasteiger partial charge in [0.1, 0.15) is 11.6 Å². The van der Waals surface area contributed by atoms with Gasteiger partial charge < -0.3 is 10.1 Å². The molecule has 150 valence electrons. The summed E-state index contributed by atoms with van der Waals surface area (Å²) >= 11 is 0. The number of carbonyl (C=O) groups excluding carboxylic acids is 1. The quantitative estimate of drug-likeness (QED) is 0.441. The SMILES string of the molecule is CCOc1ccc(C(CC(=O)c2ccc(F)cc2)Nc2ccc(CC)cc2)cc1.